The topological polar surface area (TPSA) is 69.6 Å². The molecule has 1 N–H and O–H groups in total. The second-order valence-corrected chi connectivity index (χ2v) is 5.78. The van der Waals surface area contributed by atoms with Crippen molar-refractivity contribution in [2.24, 2.45) is 7.05 Å². The number of aryl methyl sites for hydroxylation is 1. The standard InChI is InChI=1S/C19H16N2O4/c1-21-9-8-12-13(19(21)23)4-2-6-15(12)20-18(22)14-5-3-7-16-17(14)25-11-10-24-16/h2-9H,10-11H2,1H3,(H,20,22). The summed E-state index contributed by atoms with van der Waals surface area (Å²) < 4.78 is 12.6. The maximum atomic E-state index is 12.8. The van der Waals surface area contributed by atoms with Crippen LogP contribution in [0.4, 0.5) is 5.69 Å². The summed E-state index contributed by atoms with van der Waals surface area (Å²) in [5.41, 5.74) is 0.870. The van der Waals surface area contributed by atoms with Crippen molar-refractivity contribution < 1.29 is 14.3 Å². The fraction of sp³-hybridized carbons (Fsp3) is 0.158. The molecular formula is C19H16N2O4. The molecule has 0 saturated carbocycles. The predicted molar refractivity (Wildman–Crippen MR) is 94.6 cm³/mol. The summed E-state index contributed by atoms with van der Waals surface area (Å²) in [6.45, 7) is 0.867. The van der Waals surface area contributed by atoms with E-state index in [1.807, 2.05) is 6.07 Å². The van der Waals surface area contributed by atoms with Crippen molar-refractivity contribution in [1.82, 2.24) is 4.57 Å². The molecule has 1 aromatic heterocycles. The van der Waals surface area contributed by atoms with Crippen LogP contribution >= 0.6 is 0 Å². The van der Waals surface area contributed by atoms with Crippen molar-refractivity contribution in [2.75, 3.05) is 18.5 Å². The number of carbonyl (C=O) groups is 1. The van der Waals surface area contributed by atoms with E-state index in [4.69, 9.17) is 9.47 Å². The molecule has 2 heterocycles. The highest BCUT2D eigenvalue weighted by Gasteiger charge is 2.21. The van der Waals surface area contributed by atoms with Gasteiger partial charge in [-0.1, -0.05) is 12.1 Å². The molecule has 0 atom stereocenters. The number of benzene rings is 2. The average molecular weight is 336 g/mol. The first-order valence-electron chi connectivity index (χ1n) is 7.93. The lowest BCUT2D eigenvalue weighted by Gasteiger charge is -2.20. The van der Waals surface area contributed by atoms with Crippen LogP contribution in [0.1, 0.15) is 10.4 Å². The van der Waals surface area contributed by atoms with Gasteiger partial charge in [0.1, 0.15) is 13.2 Å². The number of para-hydroxylation sites is 1. The first kappa shape index (κ1) is 15.3. The summed E-state index contributed by atoms with van der Waals surface area (Å²) in [5, 5.41) is 4.12. The van der Waals surface area contributed by atoms with Gasteiger partial charge in [-0.2, -0.15) is 0 Å². The van der Waals surface area contributed by atoms with Gasteiger partial charge in [-0.15, -0.1) is 0 Å². The first-order chi connectivity index (χ1) is 12.1. The fourth-order valence-electron chi connectivity index (χ4n) is 2.93. The molecule has 0 bridgehead atoms. The minimum absolute atomic E-state index is 0.109. The van der Waals surface area contributed by atoms with Crippen LogP contribution in [0.5, 0.6) is 11.5 Å². The van der Waals surface area contributed by atoms with E-state index in [1.165, 1.54) is 4.57 Å². The highest BCUT2D eigenvalue weighted by atomic mass is 16.6. The number of nitrogens with zero attached hydrogens (tertiary/aromatic N) is 1. The van der Waals surface area contributed by atoms with Gasteiger partial charge < -0.3 is 19.4 Å². The predicted octanol–water partition coefficient (Wildman–Crippen LogP) is 2.56. The lowest BCUT2D eigenvalue weighted by molar-refractivity contribution is 0.101. The Morgan fingerprint density at radius 3 is 2.72 bits per heavy atom. The Morgan fingerprint density at radius 1 is 1.04 bits per heavy atom. The van der Waals surface area contributed by atoms with Gasteiger partial charge in [-0.25, -0.2) is 0 Å². The van der Waals surface area contributed by atoms with E-state index >= 15 is 0 Å². The Kier molecular flexibility index (Phi) is 3.65. The Balaban J connectivity index is 1.74. The molecular weight excluding hydrogens is 320 g/mol. The largest absolute Gasteiger partial charge is 0.486 e. The monoisotopic (exact) mass is 336 g/mol. The van der Waals surface area contributed by atoms with Gasteiger partial charge in [0.25, 0.3) is 11.5 Å². The van der Waals surface area contributed by atoms with E-state index in [0.717, 1.165) is 0 Å². The molecule has 6 nitrogen and oxygen atoms in total. The van der Waals surface area contributed by atoms with E-state index in [9.17, 15) is 9.59 Å². The number of hydrogen-bond donors (Lipinski definition) is 1. The zero-order chi connectivity index (χ0) is 17.4. The van der Waals surface area contributed by atoms with E-state index < -0.39 is 0 Å². The maximum absolute atomic E-state index is 12.8. The van der Waals surface area contributed by atoms with Gasteiger partial charge in [-0.05, 0) is 30.3 Å². The van der Waals surface area contributed by atoms with Crippen molar-refractivity contribution >= 4 is 22.4 Å². The molecule has 0 spiro atoms. The second-order valence-electron chi connectivity index (χ2n) is 5.78. The molecule has 3 aromatic rings. The third-order valence-electron chi connectivity index (χ3n) is 4.18. The maximum Gasteiger partial charge on any atom is 0.259 e. The third kappa shape index (κ3) is 2.61. The Hall–Kier alpha value is -3.28. The number of rotatable bonds is 2. The van der Waals surface area contributed by atoms with Crippen LogP contribution in [0, 0.1) is 0 Å². The summed E-state index contributed by atoms with van der Waals surface area (Å²) in [6.07, 6.45) is 1.68. The number of ether oxygens (including phenoxy) is 2. The summed E-state index contributed by atoms with van der Waals surface area (Å²) in [6, 6.07) is 12.3. The van der Waals surface area contributed by atoms with Crippen LogP contribution in [0.25, 0.3) is 10.8 Å². The van der Waals surface area contributed by atoms with Crippen LogP contribution in [0.3, 0.4) is 0 Å². The van der Waals surface area contributed by atoms with E-state index in [1.54, 1.807) is 49.6 Å². The van der Waals surface area contributed by atoms with Gasteiger partial charge in [0.05, 0.1) is 5.56 Å². The van der Waals surface area contributed by atoms with Crippen LogP contribution in [0.2, 0.25) is 0 Å². The lowest BCUT2D eigenvalue weighted by Crippen LogP contribution is -2.20. The molecule has 126 valence electrons. The van der Waals surface area contributed by atoms with Crippen molar-refractivity contribution in [3.05, 3.63) is 64.6 Å². The van der Waals surface area contributed by atoms with Crippen LogP contribution in [-0.2, 0) is 7.05 Å². The van der Waals surface area contributed by atoms with Gasteiger partial charge in [0.15, 0.2) is 11.5 Å². The van der Waals surface area contributed by atoms with Crippen molar-refractivity contribution in [2.45, 2.75) is 0 Å². The number of amides is 1. The highest BCUT2D eigenvalue weighted by molar-refractivity contribution is 6.10. The van der Waals surface area contributed by atoms with Crippen LogP contribution in [-0.4, -0.2) is 23.7 Å². The summed E-state index contributed by atoms with van der Waals surface area (Å²) in [4.78, 5) is 25.0. The van der Waals surface area contributed by atoms with Crippen molar-refractivity contribution in [3.63, 3.8) is 0 Å². The van der Waals surface area contributed by atoms with Gasteiger partial charge in [0, 0.05) is 29.7 Å². The van der Waals surface area contributed by atoms with Crippen LogP contribution in [0.15, 0.2) is 53.5 Å². The van der Waals surface area contributed by atoms with E-state index in [2.05, 4.69) is 5.32 Å². The number of carbonyl (C=O) groups excluding carboxylic acids is 1. The van der Waals surface area contributed by atoms with Crippen molar-refractivity contribution in [1.29, 1.82) is 0 Å². The van der Waals surface area contributed by atoms with Gasteiger partial charge in [0.2, 0.25) is 0 Å². The molecule has 0 unspecified atom stereocenters. The molecule has 0 radical (unpaired) electrons. The zero-order valence-corrected chi connectivity index (χ0v) is 13.6. The fourth-order valence-corrected chi connectivity index (χ4v) is 2.93. The summed E-state index contributed by atoms with van der Waals surface area (Å²) in [7, 11) is 1.70. The quantitative estimate of drug-likeness (QED) is 0.781. The molecule has 4 rings (SSSR count). The number of anilines is 1. The molecule has 0 saturated heterocycles. The SMILES string of the molecule is Cn1ccc2c(NC(=O)c3cccc4c3OCCO4)cccc2c1=O. The molecule has 0 fully saturated rings. The van der Waals surface area contributed by atoms with Gasteiger partial charge in [-0.3, -0.25) is 9.59 Å². The number of aromatic nitrogens is 1. The highest BCUT2D eigenvalue weighted by Crippen LogP contribution is 2.34. The Bertz CT molecular complexity index is 1040. The molecule has 2 aromatic carbocycles. The lowest BCUT2D eigenvalue weighted by atomic mass is 10.1. The average Bonchev–Trinajstić information content (AvgIpc) is 2.64. The normalized spacial score (nSPS) is 12.8. The molecule has 6 heteroatoms. The summed E-state index contributed by atoms with van der Waals surface area (Å²) >= 11 is 0. The minimum Gasteiger partial charge on any atom is -0.486 e. The first-order valence-corrected chi connectivity index (χ1v) is 7.93. The third-order valence-corrected chi connectivity index (χ3v) is 4.18. The molecule has 0 aliphatic carbocycles. The summed E-state index contributed by atoms with van der Waals surface area (Å²) in [5.74, 6) is 0.698. The second kappa shape index (κ2) is 5.98. The Morgan fingerprint density at radius 2 is 1.84 bits per heavy atom. The minimum atomic E-state index is -0.310. The van der Waals surface area contributed by atoms with E-state index in [-0.39, 0.29) is 11.5 Å². The molecule has 1 aliphatic heterocycles. The Labute approximate surface area is 143 Å². The smallest absolute Gasteiger partial charge is 0.259 e. The van der Waals surface area contributed by atoms with Crippen molar-refractivity contribution in [3.8, 4) is 11.5 Å². The number of nitrogens with one attached hydrogen (secondary N) is 1. The van der Waals surface area contributed by atoms with E-state index in [0.29, 0.717) is 46.7 Å². The number of hydrogen-bond acceptors (Lipinski definition) is 4. The number of pyridine rings is 1. The number of fused-ring (bicyclic) bond motifs is 2. The molecule has 1 aliphatic rings. The zero-order valence-electron chi connectivity index (χ0n) is 13.6. The van der Waals surface area contributed by atoms with Crippen LogP contribution < -0.4 is 20.3 Å². The van der Waals surface area contributed by atoms with Gasteiger partial charge >= 0.3 is 0 Å². The molecule has 1 amide bonds. The molecule has 25 heavy (non-hydrogen) atoms.